The second kappa shape index (κ2) is 12.6. The molecule has 0 N–H and O–H groups in total. The number of hydrogen-bond acceptors (Lipinski definition) is 0. The molecule has 1 saturated carbocycles. The van der Waals surface area contributed by atoms with Crippen molar-refractivity contribution in [2.45, 2.75) is 90.9 Å². The van der Waals surface area contributed by atoms with E-state index in [1.807, 2.05) is 0 Å². The normalized spacial score (nSPS) is 18.6. The van der Waals surface area contributed by atoms with Crippen molar-refractivity contribution in [3.8, 4) is 23.0 Å². The van der Waals surface area contributed by atoms with E-state index in [1.54, 1.807) is 0 Å². The van der Waals surface area contributed by atoms with E-state index in [1.165, 1.54) is 93.7 Å². The van der Waals surface area contributed by atoms with Gasteiger partial charge in [-0.25, -0.2) is 0 Å². The lowest BCUT2D eigenvalue weighted by Gasteiger charge is -2.25. The van der Waals surface area contributed by atoms with Gasteiger partial charge in [-0.2, -0.15) is 0 Å². The Labute approximate surface area is 185 Å². The minimum atomic E-state index is 0.604. The molecule has 0 spiro atoms. The van der Waals surface area contributed by atoms with Crippen molar-refractivity contribution in [2.75, 3.05) is 0 Å². The molecule has 0 heterocycles. The highest BCUT2D eigenvalue weighted by atomic mass is 14.2. The number of rotatable bonds is 9. The second-order valence-corrected chi connectivity index (χ2v) is 9.21. The summed E-state index contributed by atoms with van der Waals surface area (Å²) in [5.41, 5.74) is 5.18. The topological polar surface area (TPSA) is 0 Å². The molecule has 0 aromatic heterocycles. The first-order chi connectivity index (χ1) is 14.8. The van der Waals surface area contributed by atoms with E-state index in [0.717, 1.165) is 11.5 Å². The molecule has 0 unspecified atom stereocenters. The number of unbranched alkanes of at least 4 members (excludes halogenated alkanes) is 4. The molecule has 1 aliphatic carbocycles. The zero-order valence-electron chi connectivity index (χ0n) is 19.3. The average Bonchev–Trinajstić information content (AvgIpc) is 2.81. The fourth-order valence-corrected chi connectivity index (χ4v) is 4.63. The summed E-state index contributed by atoms with van der Waals surface area (Å²) in [6.07, 6.45) is 16.1. The van der Waals surface area contributed by atoms with E-state index >= 15 is 0 Å². The molecular formula is C30H40. The van der Waals surface area contributed by atoms with Gasteiger partial charge < -0.3 is 0 Å². The van der Waals surface area contributed by atoms with Gasteiger partial charge in [0, 0.05) is 11.5 Å². The fraction of sp³-hybridized carbons (Fsp3) is 0.533. The predicted octanol–water partition coefficient (Wildman–Crippen LogP) is 8.82. The Morgan fingerprint density at radius 2 is 1.33 bits per heavy atom. The van der Waals surface area contributed by atoms with Crippen LogP contribution in [0.1, 0.15) is 95.6 Å². The number of aryl methyl sites for hydroxylation is 1. The van der Waals surface area contributed by atoms with Crippen LogP contribution in [0.4, 0.5) is 0 Å². The summed E-state index contributed by atoms with van der Waals surface area (Å²) in [6.45, 7) is 4.54. The van der Waals surface area contributed by atoms with Gasteiger partial charge in [-0.1, -0.05) is 101 Å². The lowest BCUT2D eigenvalue weighted by atomic mass is 9.80. The van der Waals surface area contributed by atoms with Crippen LogP contribution in [0.3, 0.4) is 0 Å². The van der Waals surface area contributed by atoms with Gasteiger partial charge in [0.15, 0.2) is 0 Å². The quantitative estimate of drug-likeness (QED) is 0.291. The van der Waals surface area contributed by atoms with Crippen LogP contribution in [0.25, 0.3) is 11.1 Å². The molecule has 3 rings (SSSR count). The van der Waals surface area contributed by atoms with Crippen molar-refractivity contribution < 1.29 is 0 Å². The van der Waals surface area contributed by atoms with Crippen LogP contribution in [0.2, 0.25) is 0 Å². The van der Waals surface area contributed by atoms with E-state index in [2.05, 4.69) is 74.2 Å². The highest BCUT2D eigenvalue weighted by molar-refractivity contribution is 5.64. The van der Waals surface area contributed by atoms with E-state index in [4.69, 9.17) is 0 Å². The van der Waals surface area contributed by atoms with Gasteiger partial charge in [-0.3, -0.25) is 0 Å². The molecule has 0 heteroatoms. The second-order valence-electron chi connectivity index (χ2n) is 9.21. The molecule has 0 saturated heterocycles. The highest BCUT2D eigenvalue weighted by Crippen LogP contribution is 2.32. The number of benzene rings is 2. The highest BCUT2D eigenvalue weighted by Gasteiger charge is 2.19. The first-order valence-corrected chi connectivity index (χ1v) is 12.5. The summed E-state index contributed by atoms with van der Waals surface area (Å²) >= 11 is 0. The fourth-order valence-electron chi connectivity index (χ4n) is 4.63. The zero-order chi connectivity index (χ0) is 21.0. The molecule has 160 valence electrons. The van der Waals surface area contributed by atoms with Crippen LogP contribution in [-0.2, 0) is 6.42 Å². The molecule has 0 nitrogen and oxygen atoms in total. The molecule has 0 amide bonds. The maximum Gasteiger partial charge on any atom is 0.0245 e. The van der Waals surface area contributed by atoms with E-state index in [0.29, 0.717) is 5.92 Å². The molecule has 1 fully saturated rings. The van der Waals surface area contributed by atoms with Gasteiger partial charge in [-0.15, -0.1) is 0 Å². The van der Waals surface area contributed by atoms with Crippen molar-refractivity contribution in [3.05, 3.63) is 59.7 Å². The Morgan fingerprint density at radius 3 is 1.97 bits per heavy atom. The molecule has 1 aliphatic rings. The maximum absolute atomic E-state index is 3.57. The SMILES string of the molecule is CCCCCCC1CCC(C#Cc2ccc(-c3ccc(CCCC)cc3)cc2)CC1. The van der Waals surface area contributed by atoms with Crippen LogP contribution < -0.4 is 0 Å². The smallest absolute Gasteiger partial charge is 0.0245 e. The predicted molar refractivity (Wildman–Crippen MR) is 132 cm³/mol. The van der Waals surface area contributed by atoms with Gasteiger partial charge in [0.2, 0.25) is 0 Å². The monoisotopic (exact) mass is 400 g/mol. The third-order valence-electron chi connectivity index (χ3n) is 6.72. The van der Waals surface area contributed by atoms with E-state index in [-0.39, 0.29) is 0 Å². The average molecular weight is 401 g/mol. The molecule has 0 aliphatic heterocycles. The lowest BCUT2D eigenvalue weighted by molar-refractivity contribution is 0.294. The summed E-state index contributed by atoms with van der Waals surface area (Å²) in [4.78, 5) is 0. The van der Waals surface area contributed by atoms with Gasteiger partial charge in [-0.05, 0) is 73.3 Å². The van der Waals surface area contributed by atoms with E-state index in [9.17, 15) is 0 Å². The van der Waals surface area contributed by atoms with Gasteiger partial charge >= 0.3 is 0 Å². The summed E-state index contributed by atoms with van der Waals surface area (Å²) in [6, 6.07) is 17.9. The minimum Gasteiger partial charge on any atom is -0.0945 e. The van der Waals surface area contributed by atoms with Crippen molar-refractivity contribution in [2.24, 2.45) is 11.8 Å². The van der Waals surface area contributed by atoms with Gasteiger partial charge in [0.05, 0.1) is 0 Å². The molecule has 30 heavy (non-hydrogen) atoms. The standard InChI is InChI=1S/C30H40/c1-3-5-7-8-10-26-11-13-27(14-12-26)15-16-28-19-23-30(24-20-28)29-21-17-25(18-22-29)9-6-4-2/h17-24,26-27H,3-14H2,1-2H3. The van der Waals surface area contributed by atoms with Gasteiger partial charge in [0.1, 0.15) is 0 Å². The molecule has 0 atom stereocenters. The van der Waals surface area contributed by atoms with Crippen molar-refractivity contribution in [1.82, 2.24) is 0 Å². The molecule has 0 bridgehead atoms. The Morgan fingerprint density at radius 1 is 0.700 bits per heavy atom. The summed E-state index contributed by atoms with van der Waals surface area (Å²) in [5, 5.41) is 0. The zero-order valence-corrected chi connectivity index (χ0v) is 19.3. The minimum absolute atomic E-state index is 0.604. The Bertz CT molecular complexity index is 777. The molecule has 0 radical (unpaired) electrons. The Hall–Kier alpha value is -2.00. The third-order valence-corrected chi connectivity index (χ3v) is 6.72. The van der Waals surface area contributed by atoms with Crippen LogP contribution >= 0.6 is 0 Å². The van der Waals surface area contributed by atoms with E-state index < -0.39 is 0 Å². The van der Waals surface area contributed by atoms with Crippen molar-refractivity contribution in [1.29, 1.82) is 0 Å². The summed E-state index contributed by atoms with van der Waals surface area (Å²) < 4.78 is 0. The van der Waals surface area contributed by atoms with Crippen LogP contribution in [0.5, 0.6) is 0 Å². The summed E-state index contributed by atoms with van der Waals surface area (Å²) in [5.74, 6) is 8.59. The Balaban J connectivity index is 1.47. The van der Waals surface area contributed by atoms with Crippen LogP contribution in [0.15, 0.2) is 48.5 Å². The summed E-state index contributed by atoms with van der Waals surface area (Å²) in [7, 11) is 0. The number of hydrogen-bond donors (Lipinski definition) is 0. The maximum atomic E-state index is 3.57. The first-order valence-electron chi connectivity index (χ1n) is 12.5. The third kappa shape index (κ3) is 7.36. The molecule has 2 aromatic carbocycles. The van der Waals surface area contributed by atoms with Crippen LogP contribution in [-0.4, -0.2) is 0 Å². The Kier molecular flexibility index (Phi) is 9.56. The van der Waals surface area contributed by atoms with Gasteiger partial charge in [0.25, 0.3) is 0 Å². The lowest BCUT2D eigenvalue weighted by Crippen LogP contribution is -2.13. The molecular weight excluding hydrogens is 360 g/mol. The largest absolute Gasteiger partial charge is 0.0945 e. The van der Waals surface area contributed by atoms with Crippen molar-refractivity contribution >= 4 is 0 Å². The van der Waals surface area contributed by atoms with Crippen LogP contribution in [0, 0.1) is 23.7 Å². The first kappa shape index (κ1) is 22.7. The molecule has 2 aromatic rings. The van der Waals surface area contributed by atoms with Crippen molar-refractivity contribution in [3.63, 3.8) is 0 Å².